The monoisotopic (exact) mass is 367 g/mol. The summed E-state index contributed by atoms with van der Waals surface area (Å²) >= 11 is 0. The molecule has 2 bridgehead atoms. The van der Waals surface area contributed by atoms with Crippen molar-refractivity contribution in [2.75, 3.05) is 20.3 Å². The molecule has 3 rings (SSSR count). The first kappa shape index (κ1) is 20.1. The summed E-state index contributed by atoms with van der Waals surface area (Å²) in [7, 11) is 1.68. The number of hydrogen-bond donors (Lipinski definition) is 1. The highest BCUT2D eigenvalue weighted by Crippen LogP contribution is 2.42. The Balaban J connectivity index is 0.00000225. The van der Waals surface area contributed by atoms with Crippen molar-refractivity contribution in [2.24, 2.45) is 23.5 Å². The number of carbonyl (C=O) groups is 1. The molecule has 0 saturated heterocycles. The van der Waals surface area contributed by atoms with Gasteiger partial charge in [-0.25, -0.2) is 0 Å². The van der Waals surface area contributed by atoms with Crippen molar-refractivity contribution in [3.05, 3.63) is 30.1 Å². The molecule has 2 atom stereocenters. The molecule has 0 aromatic carbocycles. The molecule has 0 spiro atoms. The Hall–Kier alpha value is -1.17. The maximum absolute atomic E-state index is 13.2. The fourth-order valence-corrected chi connectivity index (χ4v) is 4.43. The Bertz CT molecular complexity index is 529. The molecule has 0 aliphatic heterocycles. The summed E-state index contributed by atoms with van der Waals surface area (Å²) in [5.74, 6) is 1.43. The van der Waals surface area contributed by atoms with E-state index in [-0.39, 0.29) is 24.2 Å². The molecule has 2 N–H and O–H groups in total. The van der Waals surface area contributed by atoms with Crippen LogP contribution in [0.4, 0.5) is 0 Å². The zero-order chi connectivity index (χ0) is 16.9. The van der Waals surface area contributed by atoms with E-state index in [0.29, 0.717) is 37.6 Å². The summed E-state index contributed by atoms with van der Waals surface area (Å²) < 4.78 is 5.21. The van der Waals surface area contributed by atoms with E-state index in [0.717, 1.165) is 18.4 Å². The number of amides is 1. The lowest BCUT2D eigenvalue weighted by atomic mass is 9.65. The van der Waals surface area contributed by atoms with Crippen molar-refractivity contribution in [1.82, 2.24) is 9.88 Å². The highest BCUT2D eigenvalue weighted by atomic mass is 35.5. The topological polar surface area (TPSA) is 68.5 Å². The Labute approximate surface area is 156 Å². The lowest BCUT2D eigenvalue weighted by Gasteiger charge is -2.44. The van der Waals surface area contributed by atoms with Crippen LogP contribution >= 0.6 is 12.4 Å². The van der Waals surface area contributed by atoms with E-state index in [9.17, 15) is 4.79 Å². The number of ether oxygens (including phenoxy) is 1. The van der Waals surface area contributed by atoms with Crippen molar-refractivity contribution in [1.29, 1.82) is 0 Å². The number of nitrogens with zero attached hydrogens (tertiary/aromatic N) is 2. The average Bonchev–Trinajstić information content (AvgIpc) is 2.58. The Kier molecular flexibility index (Phi) is 7.66. The second-order valence-corrected chi connectivity index (χ2v) is 7.31. The zero-order valence-corrected chi connectivity index (χ0v) is 15.8. The van der Waals surface area contributed by atoms with Gasteiger partial charge in [-0.3, -0.25) is 9.78 Å². The number of aromatic nitrogens is 1. The SMILES string of the molecule is COCCN(Cc1cccnc1)C(=O)C1CC2CCCC(C1)C2N.Cl. The molecule has 2 saturated carbocycles. The summed E-state index contributed by atoms with van der Waals surface area (Å²) in [6.07, 6.45) is 9.13. The van der Waals surface area contributed by atoms with Gasteiger partial charge in [0.1, 0.15) is 0 Å². The van der Waals surface area contributed by atoms with Crippen molar-refractivity contribution in [2.45, 2.75) is 44.7 Å². The number of halogens is 1. The van der Waals surface area contributed by atoms with Crippen molar-refractivity contribution in [3.63, 3.8) is 0 Å². The molecule has 1 aromatic heterocycles. The van der Waals surface area contributed by atoms with E-state index in [1.165, 1.54) is 19.3 Å². The van der Waals surface area contributed by atoms with Crippen LogP contribution in [-0.2, 0) is 16.1 Å². The van der Waals surface area contributed by atoms with E-state index in [2.05, 4.69) is 4.98 Å². The third kappa shape index (κ3) is 4.93. The summed E-state index contributed by atoms with van der Waals surface area (Å²) in [6, 6.07) is 4.23. The number of hydrogen-bond acceptors (Lipinski definition) is 4. The summed E-state index contributed by atoms with van der Waals surface area (Å²) in [5.41, 5.74) is 7.44. The van der Waals surface area contributed by atoms with Crippen LogP contribution in [0.15, 0.2) is 24.5 Å². The molecular formula is C19H30ClN3O2. The van der Waals surface area contributed by atoms with Crippen molar-refractivity contribution < 1.29 is 9.53 Å². The van der Waals surface area contributed by atoms with Crippen LogP contribution < -0.4 is 5.73 Å². The van der Waals surface area contributed by atoms with Gasteiger partial charge in [-0.2, -0.15) is 0 Å². The first-order valence-corrected chi connectivity index (χ1v) is 9.11. The van der Waals surface area contributed by atoms with Gasteiger partial charge >= 0.3 is 0 Å². The van der Waals surface area contributed by atoms with Gasteiger partial charge < -0.3 is 15.4 Å². The van der Waals surface area contributed by atoms with E-state index < -0.39 is 0 Å². The minimum absolute atomic E-state index is 0. The largest absolute Gasteiger partial charge is 0.383 e. The van der Waals surface area contributed by atoms with Gasteiger partial charge in [0.25, 0.3) is 0 Å². The fourth-order valence-electron chi connectivity index (χ4n) is 4.43. The predicted octanol–water partition coefficient (Wildman–Crippen LogP) is 2.63. The van der Waals surface area contributed by atoms with Gasteiger partial charge in [0.05, 0.1) is 6.61 Å². The third-order valence-corrected chi connectivity index (χ3v) is 5.74. The average molecular weight is 368 g/mol. The third-order valence-electron chi connectivity index (χ3n) is 5.74. The second kappa shape index (κ2) is 9.51. The number of rotatable bonds is 6. The molecule has 2 unspecified atom stereocenters. The normalized spacial score (nSPS) is 28.1. The Morgan fingerprint density at radius 3 is 2.68 bits per heavy atom. The van der Waals surface area contributed by atoms with Crippen LogP contribution in [-0.4, -0.2) is 42.1 Å². The molecule has 1 heterocycles. The maximum Gasteiger partial charge on any atom is 0.226 e. The quantitative estimate of drug-likeness (QED) is 0.839. The Morgan fingerprint density at radius 2 is 2.08 bits per heavy atom. The molecule has 2 aliphatic carbocycles. The number of fused-ring (bicyclic) bond motifs is 2. The fraction of sp³-hybridized carbons (Fsp3) is 0.684. The van der Waals surface area contributed by atoms with Gasteiger partial charge in [-0.15, -0.1) is 12.4 Å². The summed E-state index contributed by atoms with van der Waals surface area (Å²) in [4.78, 5) is 19.3. The first-order chi connectivity index (χ1) is 11.7. The summed E-state index contributed by atoms with van der Waals surface area (Å²) in [5, 5.41) is 0. The van der Waals surface area contributed by atoms with Crippen LogP contribution in [0.1, 0.15) is 37.7 Å². The van der Waals surface area contributed by atoms with Gasteiger partial charge in [0.15, 0.2) is 0 Å². The van der Waals surface area contributed by atoms with Crippen LogP contribution in [0.3, 0.4) is 0 Å². The van der Waals surface area contributed by atoms with Gasteiger partial charge in [-0.1, -0.05) is 12.5 Å². The van der Waals surface area contributed by atoms with Crippen LogP contribution in [0, 0.1) is 17.8 Å². The number of pyridine rings is 1. The van der Waals surface area contributed by atoms with E-state index in [4.69, 9.17) is 10.5 Å². The Morgan fingerprint density at radius 1 is 1.36 bits per heavy atom. The minimum atomic E-state index is 0. The summed E-state index contributed by atoms with van der Waals surface area (Å²) in [6.45, 7) is 1.79. The molecular weight excluding hydrogens is 338 g/mol. The predicted molar refractivity (Wildman–Crippen MR) is 100 cm³/mol. The van der Waals surface area contributed by atoms with Gasteiger partial charge in [0.2, 0.25) is 5.91 Å². The number of nitrogens with two attached hydrogens (primary N) is 1. The molecule has 2 aliphatic rings. The molecule has 140 valence electrons. The van der Waals surface area contributed by atoms with E-state index in [1.807, 2.05) is 23.2 Å². The first-order valence-electron chi connectivity index (χ1n) is 9.11. The lowest BCUT2D eigenvalue weighted by Crippen LogP contribution is -2.50. The molecule has 6 heteroatoms. The van der Waals surface area contributed by atoms with E-state index in [1.54, 1.807) is 13.3 Å². The van der Waals surface area contributed by atoms with Crippen LogP contribution in [0.5, 0.6) is 0 Å². The number of carbonyl (C=O) groups excluding carboxylic acids is 1. The van der Waals surface area contributed by atoms with Crippen LogP contribution in [0.2, 0.25) is 0 Å². The molecule has 1 aromatic rings. The number of methoxy groups -OCH3 is 1. The molecule has 5 nitrogen and oxygen atoms in total. The maximum atomic E-state index is 13.2. The van der Waals surface area contributed by atoms with Crippen molar-refractivity contribution in [3.8, 4) is 0 Å². The van der Waals surface area contributed by atoms with Crippen molar-refractivity contribution >= 4 is 18.3 Å². The molecule has 0 radical (unpaired) electrons. The molecule has 25 heavy (non-hydrogen) atoms. The van der Waals surface area contributed by atoms with Crippen LogP contribution in [0.25, 0.3) is 0 Å². The van der Waals surface area contributed by atoms with Gasteiger partial charge in [-0.05, 0) is 49.1 Å². The molecule has 1 amide bonds. The highest BCUT2D eigenvalue weighted by molar-refractivity contribution is 5.85. The second-order valence-electron chi connectivity index (χ2n) is 7.31. The van der Waals surface area contributed by atoms with Gasteiger partial charge in [0, 0.05) is 44.6 Å². The standard InChI is InChI=1S/C19H29N3O2.ClH/c1-24-9-8-22(13-14-4-3-7-21-12-14)19(23)17-10-15-5-2-6-16(11-17)18(15)20;/h3-4,7,12,15-18H,2,5-6,8-11,13,20H2,1H3;1H. The van der Waals surface area contributed by atoms with E-state index >= 15 is 0 Å². The molecule has 2 fully saturated rings. The smallest absolute Gasteiger partial charge is 0.226 e. The highest BCUT2D eigenvalue weighted by Gasteiger charge is 2.41. The minimum Gasteiger partial charge on any atom is -0.383 e. The lowest BCUT2D eigenvalue weighted by molar-refractivity contribution is -0.140. The zero-order valence-electron chi connectivity index (χ0n) is 15.0.